The number of nitro benzene ring substituents is 1. The molecule has 0 aliphatic carbocycles. The van der Waals surface area contributed by atoms with Gasteiger partial charge in [0.05, 0.1) is 25.7 Å². The van der Waals surface area contributed by atoms with E-state index < -0.39 is 4.92 Å². The van der Waals surface area contributed by atoms with Gasteiger partial charge in [-0.3, -0.25) is 15.5 Å². The molecule has 108 valence electrons. The molecule has 21 heavy (non-hydrogen) atoms. The number of pyridine rings is 1. The van der Waals surface area contributed by atoms with Crippen molar-refractivity contribution in [2.45, 2.75) is 0 Å². The van der Waals surface area contributed by atoms with Crippen LogP contribution in [0.15, 0.2) is 40.0 Å². The highest BCUT2D eigenvalue weighted by Crippen LogP contribution is 2.25. The van der Waals surface area contributed by atoms with Crippen molar-refractivity contribution >= 4 is 56.9 Å². The fraction of sp³-hybridized carbons (Fsp3) is 0. The first-order valence-corrected chi connectivity index (χ1v) is 7.06. The summed E-state index contributed by atoms with van der Waals surface area (Å²) in [6.07, 6.45) is 2.85. The molecule has 9 heteroatoms. The van der Waals surface area contributed by atoms with Crippen LogP contribution >= 0.6 is 39.1 Å². The Morgan fingerprint density at radius 1 is 1.38 bits per heavy atom. The van der Waals surface area contributed by atoms with Gasteiger partial charge in [-0.05, 0) is 28.1 Å². The lowest BCUT2D eigenvalue weighted by atomic mass is 10.2. The van der Waals surface area contributed by atoms with Gasteiger partial charge in [0.1, 0.15) is 0 Å². The quantitative estimate of drug-likeness (QED) is 0.474. The van der Waals surface area contributed by atoms with Crippen LogP contribution in [0.25, 0.3) is 0 Å². The summed E-state index contributed by atoms with van der Waals surface area (Å²) in [5.74, 6) is 0.337. The first kappa shape index (κ1) is 15.7. The van der Waals surface area contributed by atoms with Gasteiger partial charge >= 0.3 is 0 Å². The maximum absolute atomic E-state index is 10.8. The van der Waals surface area contributed by atoms with Gasteiger partial charge in [-0.15, -0.1) is 0 Å². The number of rotatable bonds is 4. The van der Waals surface area contributed by atoms with E-state index in [0.717, 1.165) is 0 Å². The molecule has 1 N–H and O–H groups in total. The summed E-state index contributed by atoms with van der Waals surface area (Å²) in [5.41, 5.74) is 3.16. The van der Waals surface area contributed by atoms with E-state index in [4.69, 9.17) is 23.2 Å². The zero-order chi connectivity index (χ0) is 15.4. The second-order valence-electron chi connectivity index (χ2n) is 3.82. The second-order valence-corrected chi connectivity index (χ2v) is 5.52. The Bertz CT molecular complexity index is 724. The maximum Gasteiger partial charge on any atom is 0.284 e. The van der Waals surface area contributed by atoms with Crippen molar-refractivity contribution in [1.29, 1.82) is 0 Å². The molecule has 0 radical (unpaired) electrons. The molecule has 0 amide bonds. The number of halogens is 3. The molecule has 2 rings (SSSR count). The Balaban J connectivity index is 2.14. The Morgan fingerprint density at radius 2 is 2.14 bits per heavy atom. The van der Waals surface area contributed by atoms with Crippen molar-refractivity contribution in [3.05, 3.63) is 60.7 Å². The molecule has 0 aliphatic rings. The average molecular weight is 390 g/mol. The number of nitrogens with one attached hydrogen (secondary N) is 1. The topological polar surface area (TPSA) is 80.4 Å². The van der Waals surface area contributed by atoms with Crippen LogP contribution in [0.4, 0.5) is 11.5 Å². The third-order valence-electron chi connectivity index (χ3n) is 2.36. The Labute approximate surface area is 138 Å². The molecular formula is C12H7BrCl2N4O2. The molecule has 1 aromatic carbocycles. The maximum atomic E-state index is 10.8. The number of hydrazone groups is 1. The standard InChI is InChI=1S/C12H7BrCl2N4O2/c13-9-2-1-7(3-11(9)19(20)21)5-17-18-12-10(15)4-8(14)6-16-12/h1-6H,(H,16,18)/b17-5-. The lowest BCUT2D eigenvalue weighted by Crippen LogP contribution is -1.95. The normalized spacial score (nSPS) is 10.8. The zero-order valence-corrected chi connectivity index (χ0v) is 13.4. The largest absolute Gasteiger partial charge is 0.284 e. The first-order chi connectivity index (χ1) is 9.97. The van der Waals surface area contributed by atoms with Gasteiger partial charge in [-0.25, -0.2) is 4.98 Å². The number of nitro groups is 1. The number of benzene rings is 1. The predicted octanol–water partition coefficient (Wildman–Crippen LogP) is 4.51. The van der Waals surface area contributed by atoms with Crippen LogP contribution in [0.5, 0.6) is 0 Å². The summed E-state index contributed by atoms with van der Waals surface area (Å²) in [4.78, 5) is 14.3. The van der Waals surface area contributed by atoms with Crippen molar-refractivity contribution in [3.8, 4) is 0 Å². The van der Waals surface area contributed by atoms with Gasteiger partial charge in [0.2, 0.25) is 0 Å². The Morgan fingerprint density at radius 3 is 2.81 bits per heavy atom. The monoisotopic (exact) mass is 388 g/mol. The van der Waals surface area contributed by atoms with Gasteiger partial charge in [0.25, 0.3) is 5.69 Å². The molecular weight excluding hydrogens is 383 g/mol. The molecule has 6 nitrogen and oxygen atoms in total. The minimum atomic E-state index is -0.480. The molecule has 0 unspecified atom stereocenters. The van der Waals surface area contributed by atoms with Gasteiger partial charge in [-0.1, -0.05) is 29.3 Å². The van der Waals surface area contributed by atoms with E-state index in [1.54, 1.807) is 12.1 Å². The Hall–Kier alpha value is -1.70. The van der Waals surface area contributed by atoms with E-state index in [-0.39, 0.29) is 5.69 Å². The van der Waals surface area contributed by atoms with Gasteiger partial charge in [0, 0.05) is 17.8 Å². The van der Waals surface area contributed by atoms with Crippen LogP contribution in [0.3, 0.4) is 0 Å². The summed E-state index contributed by atoms with van der Waals surface area (Å²) in [6.45, 7) is 0. The van der Waals surface area contributed by atoms with E-state index in [0.29, 0.717) is 25.9 Å². The summed E-state index contributed by atoms with van der Waals surface area (Å²) in [7, 11) is 0. The highest BCUT2D eigenvalue weighted by Gasteiger charge is 2.11. The Kier molecular flexibility index (Phi) is 5.11. The third-order valence-corrected chi connectivity index (χ3v) is 3.52. The SMILES string of the molecule is O=[N+]([O-])c1cc(/C=N\Nc2ncc(Cl)cc2Cl)ccc1Br. The molecule has 0 fully saturated rings. The van der Waals surface area contributed by atoms with Crippen LogP contribution in [-0.4, -0.2) is 16.1 Å². The lowest BCUT2D eigenvalue weighted by molar-refractivity contribution is -0.385. The van der Waals surface area contributed by atoms with Crippen LogP contribution in [0.1, 0.15) is 5.56 Å². The molecule has 0 aliphatic heterocycles. The highest BCUT2D eigenvalue weighted by molar-refractivity contribution is 9.10. The molecule has 1 aromatic heterocycles. The molecule has 2 aromatic rings. The second kappa shape index (κ2) is 6.84. The number of hydrogen-bond acceptors (Lipinski definition) is 5. The third kappa shape index (κ3) is 4.13. The van der Waals surface area contributed by atoms with Crippen LogP contribution in [0.2, 0.25) is 10.0 Å². The van der Waals surface area contributed by atoms with Crippen molar-refractivity contribution in [2.24, 2.45) is 5.10 Å². The van der Waals surface area contributed by atoms with Gasteiger partial charge < -0.3 is 0 Å². The zero-order valence-electron chi connectivity index (χ0n) is 10.3. The summed E-state index contributed by atoms with van der Waals surface area (Å²) < 4.78 is 0.403. The van der Waals surface area contributed by atoms with E-state index >= 15 is 0 Å². The molecule has 0 bridgehead atoms. The summed E-state index contributed by atoms with van der Waals surface area (Å²) >= 11 is 14.8. The van der Waals surface area contributed by atoms with Gasteiger partial charge in [-0.2, -0.15) is 5.10 Å². The van der Waals surface area contributed by atoms with Crippen molar-refractivity contribution in [3.63, 3.8) is 0 Å². The van der Waals surface area contributed by atoms with E-state index in [1.807, 2.05) is 0 Å². The minimum absolute atomic E-state index is 0.0402. The van der Waals surface area contributed by atoms with E-state index in [2.05, 4.69) is 31.4 Å². The van der Waals surface area contributed by atoms with E-state index in [1.165, 1.54) is 24.5 Å². The molecule has 0 spiro atoms. The van der Waals surface area contributed by atoms with Crippen LogP contribution in [-0.2, 0) is 0 Å². The van der Waals surface area contributed by atoms with Crippen molar-refractivity contribution in [2.75, 3.05) is 5.43 Å². The summed E-state index contributed by atoms with van der Waals surface area (Å²) in [6, 6.07) is 6.18. The molecule has 0 saturated carbocycles. The number of anilines is 1. The highest BCUT2D eigenvalue weighted by atomic mass is 79.9. The predicted molar refractivity (Wildman–Crippen MR) is 86.3 cm³/mol. The van der Waals surface area contributed by atoms with Crippen molar-refractivity contribution < 1.29 is 4.92 Å². The fourth-order valence-corrected chi connectivity index (χ4v) is 2.23. The van der Waals surface area contributed by atoms with E-state index in [9.17, 15) is 10.1 Å². The van der Waals surface area contributed by atoms with Crippen LogP contribution < -0.4 is 5.43 Å². The molecule has 0 saturated heterocycles. The van der Waals surface area contributed by atoms with Crippen molar-refractivity contribution in [1.82, 2.24) is 4.98 Å². The number of hydrogen-bond donors (Lipinski definition) is 1. The smallest absolute Gasteiger partial charge is 0.260 e. The fourth-order valence-electron chi connectivity index (χ4n) is 1.41. The average Bonchev–Trinajstić information content (AvgIpc) is 2.42. The summed E-state index contributed by atoms with van der Waals surface area (Å²) in [5, 5.41) is 15.5. The molecule has 1 heterocycles. The van der Waals surface area contributed by atoms with Crippen LogP contribution in [0, 0.1) is 10.1 Å². The molecule has 0 atom stereocenters. The minimum Gasteiger partial charge on any atom is -0.260 e. The number of aromatic nitrogens is 1. The van der Waals surface area contributed by atoms with Gasteiger partial charge in [0.15, 0.2) is 5.82 Å². The lowest BCUT2D eigenvalue weighted by Gasteiger charge is -2.02. The number of nitrogens with zero attached hydrogens (tertiary/aromatic N) is 3. The first-order valence-electron chi connectivity index (χ1n) is 5.51.